The highest BCUT2D eigenvalue weighted by Crippen LogP contribution is 2.48. The number of carbonyl (C=O) groups is 2. The minimum atomic E-state index is -0.986. The molecule has 0 spiro atoms. The first-order valence-corrected chi connectivity index (χ1v) is 24.8. The van der Waals surface area contributed by atoms with Crippen molar-refractivity contribution in [3.8, 4) is 0 Å². The first kappa shape index (κ1) is 51.2. The Bertz CT molecular complexity index is 1670. The van der Waals surface area contributed by atoms with Gasteiger partial charge in [0.25, 0.3) is 0 Å². The van der Waals surface area contributed by atoms with E-state index in [4.69, 9.17) is 32.8 Å². The van der Waals surface area contributed by atoms with Gasteiger partial charge in [-0.25, -0.2) is 9.78 Å². The molecular weight excluding hydrogens is 799 g/mol. The molecule has 1 aromatic heterocycles. The van der Waals surface area contributed by atoms with E-state index in [-0.39, 0.29) is 42.0 Å². The Labute approximate surface area is 379 Å². The number of aliphatic hydroxyl groups is 1. The van der Waals surface area contributed by atoms with Gasteiger partial charge in [0.15, 0.2) is 18.3 Å². The molecule has 0 amide bonds. The van der Waals surface area contributed by atoms with Crippen molar-refractivity contribution in [3.05, 3.63) is 46.7 Å². The molecule has 0 radical (unpaired) electrons. The summed E-state index contributed by atoms with van der Waals surface area (Å²) in [5.41, 5.74) is 3.09. The van der Waals surface area contributed by atoms with Crippen LogP contribution in [-0.2, 0) is 38.0 Å². The van der Waals surface area contributed by atoms with Crippen LogP contribution in [0.3, 0.4) is 0 Å². The fourth-order valence-electron chi connectivity index (χ4n) is 10.2. The van der Waals surface area contributed by atoms with E-state index in [1.165, 1.54) is 64.2 Å². The van der Waals surface area contributed by atoms with E-state index < -0.39 is 42.3 Å². The number of unbranched alkanes of at least 4 members (excludes halogenated alkanes) is 12. The summed E-state index contributed by atoms with van der Waals surface area (Å²) in [7, 11) is 1.69. The molecule has 0 saturated carbocycles. The maximum Gasteiger partial charge on any atom is 0.338 e. The van der Waals surface area contributed by atoms with Crippen molar-refractivity contribution in [2.75, 3.05) is 7.11 Å². The van der Waals surface area contributed by atoms with Gasteiger partial charge in [0.05, 0.1) is 24.4 Å². The standard InChI is InChI=1S/C52H83NO10/c1-10-11-12-13-14-15-16-17-18-19-20-21-22-23-47(54)62-46-32-43(38(6)49(57-9)37(5)27-34(2)26-35(3)28-41-33-58-39(7)53-41)61-51(56)50-44(60-50)30-40-29-42(59-48(55)31-40)36(4)24-25-45-52(46,8)63-45/h26-28,33,36,38,40,42-47,49-50,54H,10-25,29-32H2,1-9H3/b34-26+,35-28+,37-27+. The van der Waals surface area contributed by atoms with Crippen molar-refractivity contribution < 1.29 is 47.5 Å². The van der Waals surface area contributed by atoms with Crippen molar-refractivity contribution in [1.82, 2.24) is 4.98 Å². The van der Waals surface area contributed by atoms with E-state index in [1.54, 1.807) is 13.4 Å². The lowest BCUT2D eigenvalue weighted by Gasteiger charge is -2.35. The number of methoxy groups -OCH3 is 1. The topological polar surface area (TPSA) is 142 Å². The number of aromatic nitrogens is 1. The summed E-state index contributed by atoms with van der Waals surface area (Å²) in [6.45, 7) is 16.5. The number of nitrogens with zero attached hydrogens (tertiary/aromatic N) is 1. The summed E-state index contributed by atoms with van der Waals surface area (Å²) in [6, 6.07) is 0. The van der Waals surface area contributed by atoms with Gasteiger partial charge < -0.3 is 37.9 Å². The Hall–Kier alpha value is -2.83. The highest BCUT2D eigenvalue weighted by atomic mass is 16.7. The molecule has 4 fully saturated rings. The summed E-state index contributed by atoms with van der Waals surface area (Å²) in [5, 5.41) is 11.5. The van der Waals surface area contributed by atoms with E-state index in [0.29, 0.717) is 31.6 Å². The molecule has 1 aromatic rings. The Morgan fingerprint density at radius 1 is 0.905 bits per heavy atom. The molecule has 356 valence electrons. The number of hydrogen-bond acceptors (Lipinski definition) is 11. The van der Waals surface area contributed by atoms with Crippen molar-refractivity contribution in [2.45, 2.75) is 238 Å². The van der Waals surface area contributed by atoms with Crippen molar-refractivity contribution >= 4 is 18.0 Å². The molecule has 1 N–H and O–H groups in total. The maximum absolute atomic E-state index is 14.0. The first-order chi connectivity index (χ1) is 30.2. The van der Waals surface area contributed by atoms with E-state index in [1.807, 2.05) is 40.7 Å². The molecule has 5 rings (SSSR count). The zero-order valence-corrected chi connectivity index (χ0v) is 40.4. The minimum absolute atomic E-state index is 0.0845. The number of ether oxygens (including phenoxy) is 6. The number of allylic oxidation sites excluding steroid dienone is 4. The van der Waals surface area contributed by atoms with Crippen molar-refractivity contribution in [2.24, 2.45) is 17.8 Å². The molecule has 0 aliphatic carbocycles. The van der Waals surface area contributed by atoms with E-state index in [2.05, 4.69) is 37.9 Å². The summed E-state index contributed by atoms with van der Waals surface area (Å²) >= 11 is 0. The second-order valence-electron chi connectivity index (χ2n) is 19.8. The Balaban J connectivity index is 1.28. The van der Waals surface area contributed by atoms with Crippen LogP contribution in [0.15, 0.2) is 39.6 Å². The Kier molecular flexibility index (Phi) is 20.4. The molecular formula is C52H83NO10. The lowest BCUT2D eigenvalue weighted by molar-refractivity contribution is -0.179. The van der Waals surface area contributed by atoms with E-state index in [9.17, 15) is 14.7 Å². The van der Waals surface area contributed by atoms with Crippen LogP contribution in [0.25, 0.3) is 6.08 Å². The summed E-state index contributed by atoms with van der Waals surface area (Å²) in [4.78, 5) is 31.1. The predicted molar refractivity (Wildman–Crippen MR) is 246 cm³/mol. The molecule has 5 heterocycles. The SMILES string of the molecule is CCCCCCCCCCCCCCCC(O)OC1CC(C(C)C(OC)/C(C)=C/C(C)=C/C(C)=C/c2coc(C)n2)OC(=O)C2OC2CC2CC(=O)OC(C2)C(C)CCC2OC12C. The van der Waals surface area contributed by atoms with Crippen LogP contribution in [0.2, 0.25) is 0 Å². The molecule has 0 aromatic carbocycles. The van der Waals surface area contributed by atoms with Crippen LogP contribution in [0, 0.1) is 24.7 Å². The number of aryl methyl sites for hydroxylation is 1. The third-order valence-electron chi connectivity index (χ3n) is 14.1. The molecule has 11 heteroatoms. The molecule has 11 nitrogen and oxygen atoms in total. The van der Waals surface area contributed by atoms with Gasteiger partial charge in [-0.2, -0.15) is 0 Å². The minimum Gasteiger partial charge on any atom is -0.462 e. The fraction of sp³-hybridized carbons (Fsp3) is 0.788. The van der Waals surface area contributed by atoms with Gasteiger partial charge in [0.2, 0.25) is 0 Å². The van der Waals surface area contributed by atoms with E-state index in [0.717, 1.165) is 60.9 Å². The molecule has 4 saturated heterocycles. The van der Waals surface area contributed by atoms with Gasteiger partial charge in [-0.1, -0.05) is 116 Å². The van der Waals surface area contributed by atoms with E-state index >= 15 is 0 Å². The zero-order chi connectivity index (χ0) is 45.5. The molecule has 12 unspecified atom stereocenters. The number of oxazole rings is 1. The quantitative estimate of drug-likeness (QED) is 0.0369. The normalized spacial score (nSPS) is 31.0. The maximum atomic E-state index is 14.0. The zero-order valence-electron chi connectivity index (χ0n) is 40.4. The molecule has 2 bridgehead atoms. The molecule has 4 aliphatic heterocycles. The number of esters is 2. The van der Waals surface area contributed by atoms with Crippen LogP contribution in [0.1, 0.15) is 188 Å². The average Bonchev–Trinajstić information content (AvgIpc) is 4.11. The van der Waals surface area contributed by atoms with Crippen LogP contribution in [0.4, 0.5) is 0 Å². The van der Waals surface area contributed by atoms with Crippen molar-refractivity contribution in [1.29, 1.82) is 0 Å². The van der Waals surface area contributed by atoms with Gasteiger partial charge in [0, 0.05) is 32.8 Å². The second-order valence-corrected chi connectivity index (χ2v) is 19.8. The average molecular weight is 882 g/mol. The van der Waals surface area contributed by atoms with Crippen LogP contribution >= 0.6 is 0 Å². The van der Waals surface area contributed by atoms with Crippen LogP contribution in [-0.4, -0.2) is 83.8 Å². The van der Waals surface area contributed by atoms with Gasteiger partial charge in [0.1, 0.15) is 29.8 Å². The lowest BCUT2D eigenvalue weighted by atomic mass is 9.82. The van der Waals surface area contributed by atoms with Gasteiger partial charge in [-0.3, -0.25) is 4.79 Å². The second kappa shape index (κ2) is 25.2. The van der Waals surface area contributed by atoms with Crippen LogP contribution < -0.4 is 0 Å². The number of hydrogen-bond donors (Lipinski definition) is 1. The molecule has 12 atom stereocenters. The highest BCUT2D eigenvalue weighted by Gasteiger charge is 2.60. The molecule has 4 aliphatic rings. The van der Waals surface area contributed by atoms with Crippen LogP contribution in [0.5, 0.6) is 0 Å². The monoisotopic (exact) mass is 882 g/mol. The Morgan fingerprint density at radius 3 is 2.19 bits per heavy atom. The third kappa shape index (κ3) is 16.2. The lowest BCUT2D eigenvalue weighted by Crippen LogP contribution is -2.44. The first-order valence-electron chi connectivity index (χ1n) is 24.8. The smallest absolute Gasteiger partial charge is 0.338 e. The fourth-order valence-corrected chi connectivity index (χ4v) is 10.2. The number of epoxide rings is 2. The largest absolute Gasteiger partial charge is 0.462 e. The number of aliphatic hydroxyl groups excluding tert-OH is 1. The Morgan fingerprint density at radius 2 is 1.56 bits per heavy atom. The number of cyclic esters (lactones) is 1. The van der Waals surface area contributed by atoms with Gasteiger partial charge >= 0.3 is 11.9 Å². The summed E-state index contributed by atoms with van der Waals surface area (Å²) in [6.07, 6.45) is 24.3. The van der Waals surface area contributed by atoms with Gasteiger partial charge in [-0.15, -0.1) is 0 Å². The highest BCUT2D eigenvalue weighted by molar-refractivity contribution is 5.78. The summed E-state index contributed by atoms with van der Waals surface area (Å²) < 4.78 is 43.0. The number of carbonyl (C=O) groups excluding carboxylic acids is 2. The number of rotatable bonds is 23. The predicted octanol–water partition coefficient (Wildman–Crippen LogP) is 11.5. The molecule has 63 heavy (non-hydrogen) atoms. The number of fused-ring (bicyclic) bond motifs is 4. The van der Waals surface area contributed by atoms with Gasteiger partial charge in [-0.05, 0) is 95.3 Å². The third-order valence-corrected chi connectivity index (χ3v) is 14.1. The summed E-state index contributed by atoms with van der Waals surface area (Å²) in [5.74, 6) is -0.0595. The van der Waals surface area contributed by atoms with Crippen molar-refractivity contribution in [3.63, 3.8) is 0 Å².